The number of sulfonamides is 1. The van der Waals surface area contributed by atoms with Crippen LogP contribution in [-0.2, 0) is 21.2 Å². The number of nitrogens with zero attached hydrogens (tertiary/aromatic N) is 1. The minimum atomic E-state index is -3.53. The van der Waals surface area contributed by atoms with Crippen molar-refractivity contribution in [2.75, 3.05) is 24.7 Å². The van der Waals surface area contributed by atoms with Gasteiger partial charge in [0.1, 0.15) is 23.3 Å². The predicted octanol–water partition coefficient (Wildman–Crippen LogP) is 4.29. The van der Waals surface area contributed by atoms with Gasteiger partial charge in [0.05, 0.1) is 12.3 Å². The Balaban J connectivity index is 1.60. The molecule has 3 aromatic rings. The van der Waals surface area contributed by atoms with Crippen LogP contribution in [0.2, 0.25) is 0 Å². The van der Waals surface area contributed by atoms with Crippen LogP contribution >= 0.6 is 0 Å². The average Bonchev–Trinajstić information content (AvgIpc) is 2.92. The van der Waals surface area contributed by atoms with Crippen LogP contribution in [0.25, 0.3) is 0 Å². The SMILES string of the molecule is CC[C@@H]1CNC[C@H](CCc2c(F)cccc2NC(=O)[C@@H](N)[C@@H](c2ccc(F)cc2)c2cc(F)cc(F)c2)N1S(C)(=O)=O. The summed E-state index contributed by atoms with van der Waals surface area (Å²) in [4.78, 5) is 13.5. The molecule has 4 N–H and O–H groups in total. The van der Waals surface area contributed by atoms with Crippen molar-refractivity contribution in [1.82, 2.24) is 9.62 Å². The number of carbonyl (C=O) groups excluding carboxylic acids is 1. The zero-order valence-corrected chi connectivity index (χ0v) is 24.1. The van der Waals surface area contributed by atoms with Crippen LogP contribution in [0.4, 0.5) is 23.2 Å². The maximum atomic E-state index is 15.1. The van der Waals surface area contributed by atoms with E-state index in [1.165, 1.54) is 34.6 Å². The Kier molecular flexibility index (Phi) is 10.0. The molecule has 3 aromatic carbocycles. The van der Waals surface area contributed by atoms with E-state index in [0.29, 0.717) is 31.1 Å². The van der Waals surface area contributed by atoms with Gasteiger partial charge in [-0.3, -0.25) is 4.79 Å². The van der Waals surface area contributed by atoms with E-state index in [2.05, 4.69) is 10.6 Å². The highest BCUT2D eigenvalue weighted by molar-refractivity contribution is 7.88. The van der Waals surface area contributed by atoms with Gasteiger partial charge in [0, 0.05) is 48.4 Å². The van der Waals surface area contributed by atoms with E-state index in [1.54, 1.807) is 0 Å². The fourth-order valence-electron chi connectivity index (χ4n) is 5.63. The molecular formula is C30H34F4N4O3S. The van der Waals surface area contributed by atoms with Gasteiger partial charge in [0.25, 0.3) is 0 Å². The molecular weight excluding hydrogens is 572 g/mol. The summed E-state index contributed by atoms with van der Waals surface area (Å²) in [6, 6.07) is 9.93. The zero-order chi connectivity index (χ0) is 30.6. The smallest absolute Gasteiger partial charge is 0.242 e. The Morgan fingerprint density at radius 1 is 0.976 bits per heavy atom. The largest absolute Gasteiger partial charge is 0.324 e. The van der Waals surface area contributed by atoms with Crippen molar-refractivity contribution in [3.8, 4) is 0 Å². The summed E-state index contributed by atoms with van der Waals surface area (Å²) in [6.07, 6.45) is 2.17. The first-order valence-electron chi connectivity index (χ1n) is 13.6. The zero-order valence-electron chi connectivity index (χ0n) is 23.3. The highest BCUT2D eigenvalue weighted by Crippen LogP contribution is 2.31. The van der Waals surface area contributed by atoms with Crippen molar-refractivity contribution in [3.05, 3.63) is 101 Å². The molecule has 0 bridgehead atoms. The summed E-state index contributed by atoms with van der Waals surface area (Å²) < 4.78 is 83.6. The normalized spacial score (nSPS) is 19.3. The van der Waals surface area contributed by atoms with Crippen LogP contribution in [-0.4, -0.2) is 56.1 Å². The van der Waals surface area contributed by atoms with Crippen molar-refractivity contribution < 1.29 is 30.8 Å². The molecule has 4 rings (SSSR count). The van der Waals surface area contributed by atoms with E-state index in [9.17, 15) is 26.4 Å². The summed E-state index contributed by atoms with van der Waals surface area (Å²) in [6.45, 7) is 2.82. The molecule has 0 spiro atoms. The fraction of sp³-hybridized carbons (Fsp3) is 0.367. The molecule has 0 aliphatic carbocycles. The van der Waals surface area contributed by atoms with Crippen LogP contribution in [0.3, 0.4) is 0 Å². The van der Waals surface area contributed by atoms with Crippen molar-refractivity contribution in [2.24, 2.45) is 5.73 Å². The molecule has 1 amide bonds. The molecule has 0 saturated carbocycles. The number of hydrogen-bond donors (Lipinski definition) is 3. The van der Waals surface area contributed by atoms with Crippen molar-refractivity contribution in [2.45, 2.75) is 50.2 Å². The quantitative estimate of drug-likeness (QED) is 0.299. The van der Waals surface area contributed by atoms with Crippen LogP contribution < -0.4 is 16.4 Å². The standard InChI is InChI=1S/C30H34F4N4O3S/c1-3-23-16-36-17-24(38(23)42(2,40)41)11-12-25-26(34)5-4-6-27(25)37-30(39)29(35)28(18-7-9-20(31)10-8-18)19-13-21(32)15-22(33)14-19/h4-10,13-15,23-24,28-29,36H,3,11-12,16-17,35H2,1-2H3,(H,37,39)/t23-,24+,28+,29+/m1/s1. The number of hydrogen-bond acceptors (Lipinski definition) is 5. The predicted molar refractivity (Wildman–Crippen MR) is 153 cm³/mol. The van der Waals surface area contributed by atoms with Gasteiger partial charge in [-0.05, 0) is 66.8 Å². The van der Waals surface area contributed by atoms with Crippen LogP contribution in [0.5, 0.6) is 0 Å². The molecule has 4 atom stereocenters. The maximum Gasteiger partial charge on any atom is 0.242 e. The van der Waals surface area contributed by atoms with Gasteiger partial charge < -0.3 is 16.4 Å². The Labute approximate surface area is 243 Å². The number of benzene rings is 3. The summed E-state index contributed by atoms with van der Waals surface area (Å²) in [7, 11) is -3.53. The lowest BCUT2D eigenvalue weighted by atomic mass is 9.84. The molecule has 0 aromatic heterocycles. The van der Waals surface area contributed by atoms with Gasteiger partial charge in [-0.2, -0.15) is 4.31 Å². The Morgan fingerprint density at radius 3 is 2.24 bits per heavy atom. The third-order valence-electron chi connectivity index (χ3n) is 7.57. The number of rotatable bonds is 10. The molecule has 1 aliphatic rings. The molecule has 0 unspecified atom stereocenters. The minimum absolute atomic E-state index is 0.0670. The van der Waals surface area contributed by atoms with Gasteiger partial charge in [0.15, 0.2) is 0 Å². The Hall–Kier alpha value is -3.32. The number of nitrogens with two attached hydrogens (primary N) is 1. The lowest BCUT2D eigenvalue weighted by Crippen LogP contribution is -2.58. The number of anilines is 1. The summed E-state index contributed by atoms with van der Waals surface area (Å²) in [5.41, 5.74) is 7.08. The van der Waals surface area contributed by atoms with Gasteiger partial charge in [-0.15, -0.1) is 0 Å². The lowest BCUT2D eigenvalue weighted by Gasteiger charge is -2.40. The number of piperazine rings is 1. The fourth-order valence-corrected chi connectivity index (χ4v) is 7.12. The lowest BCUT2D eigenvalue weighted by molar-refractivity contribution is -0.117. The maximum absolute atomic E-state index is 15.1. The third-order valence-corrected chi connectivity index (χ3v) is 8.94. The molecule has 1 saturated heterocycles. The first-order valence-corrected chi connectivity index (χ1v) is 15.5. The van der Waals surface area contributed by atoms with E-state index in [0.717, 1.165) is 30.5 Å². The minimum Gasteiger partial charge on any atom is -0.324 e. The number of nitrogens with one attached hydrogen (secondary N) is 2. The van der Waals surface area contributed by atoms with Gasteiger partial charge in [-0.25, -0.2) is 26.0 Å². The Morgan fingerprint density at radius 2 is 1.62 bits per heavy atom. The van der Waals surface area contributed by atoms with E-state index >= 15 is 4.39 Å². The van der Waals surface area contributed by atoms with E-state index in [-0.39, 0.29) is 35.7 Å². The first-order chi connectivity index (χ1) is 19.9. The molecule has 7 nitrogen and oxygen atoms in total. The van der Waals surface area contributed by atoms with Crippen LogP contribution in [0.1, 0.15) is 42.4 Å². The van der Waals surface area contributed by atoms with Gasteiger partial charge in [0.2, 0.25) is 15.9 Å². The van der Waals surface area contributed by atoms with Crippen molar-refractivity contribution >= 4 is 21.6 Å². The van der Waals surface area contributed by atoms with E-state index in [1.807, 2.05) is 6.92 Å². The first kappa shape index (κ1) is 31.6. The van der Waals surface area contributed by atoms with Crippen molar-refractivity contribution in [3.63, 3.8) is 0 Å². The van der Waals surface area contributed by atoms with Gasteiger partial charge in [-0.1, -0.05) is 25.1 Å². The third kappa shape index (κ3) is 7.35. The molecule has 1 aliphatic heterocycles. The summed E-state index contributed by atoms with van der Waals surface area (Å²) >= 11 is 0. The van der Waals surface area contributed by atoms with Crippen LogP contribution in [0.15, 0.2) is 60.7 Å². The summed E-state index contributed by atoms with van der Waals surface area (Å²) in [5.74, 6) is -4.70. The van der Waals surface area contributed by atoms with E-state index in [4.69, 9.17) is 5.73 Å². The molecule has 12 heteroatoms. The summed E-state index contributed by atoms with van der Waals surface area (Å²) in [5, 5.41) is 5.89. The highest BCUT2D eigenvalue weighted by atomic mass is 32.2. The molecule has 226 valence electrons. The second kappa shape index (κ2) is 13.3. The molecule has 42 heavy (non-hydrogen) atoms. The van der Waals surface area contributed by atoms with Gasteiger partial charge >= 0.3 is 0 Å². The van der Waals surface area contributed by atoms with E-state index < -0.39 is 57.2 Å². The monoisotopic (exact) mass is 606 g/mol. The van der Waals surface area contributed by atoms with Crippen molar-refractivity contribution in [1.29, 1.82) is 0 Å². The van der Waals surface area contributed by atoms with Crippen LogP contribution in [0, 0.1) is 23.3 Å². The Bertz CT molecular complexity index is 1500. The number of halogens is 4. The molecule has 1 heterocycles. The average molecular weight is 607 g/mol. The topological polar surface area (TPSA) is 105 Å². The number of carbonyl (C=O) groups is 1. The highest BCUT2D eigenvalue weighted by Gasteiger charge is 2.36. The molecule has 1 fully saturated rings. The second-order valence-corrected chi connectivity index (χ2v) is 12.4. The second-order valence-electron chi connectivity index (χ2n) is 10.5. The number of amides is 1. The molecule has 0 radical (unpaired) electrons.